The van der Waals surface area contributed by atoms with Crippen molar-refractivity contribution in [3.63, 3.8) is 0 Å². The Kier molecular flexibility index (Phi) is 4.63. The van der Waals surface area contributed by atoms with Crippen molar-refractivity contribution < 1.29 is 14.3 Å². The van der Waals surface area contributed by atoms with Crippen LogP contribution in [-0.4, -0.2) is 17.9 Å². The first-order chi connectivity index (χ1) is 6.74. The normalized spacial score (nSPS) is 20.9. The van der Waals surface area contributed by atoms with E-state index in [4.69, 9.17) is 4.74 Å². The van der Waals surface area contributed by atoms with Crippen LogP contribution in [0.5, 0.6) is 0 Å². The first-order valence-corrected chi connectivity index (χ1v) is 5.46. The van der Waals surface area contributed by atoms with Gasteiger partial charge in [-0.1, -0.05) is 26.2 Å². The molecule has 0 spiro atoms. The molecule has 0 aliphatic carbocycles. The van der Waals surface area contributed by atoms with Crippen LogP contribution < -0.4 is 0 Å². The minimum Gasteiger partial charge on any atom is -0.454 e. The summed E-state index contributed by atoms with van der Waals surface area (Å²) in [4.78, 5) is 22.2. The number of carbonyl (C=O) groups is 2. The molecule has 3 heteroatoms. The second-order valence-electron chi connectivity index (χ2n) is 3.79. The van der Waals surface area contributed by atoms with Crippen molar-refractivity contribution in [3.05, 3.63) is 0 Å². The summed E-state index contributed by atoms with van der Waals surface area (Å²) >= 11 is 0. The average Bonchev–Trinajstić information content (AvgIpc) is 2.59. The van der Waals surface area contributed by atoms with Crippen molar-refractivity contribution >= 4 is 11.8 Å². The second-order valence-corrected chi connectivity index (χ2v) is 3.79. The van der Waals surface area contributed by atoms with Crippen LogP contribution in [-0.2, 0) is 14.3 Å². The molecule has 0 aromatic rings. The predicted octanol–water partition coefficient (Wildman–Crippen LogP) is 2.23. The molecule has 1 rings (SSSR count). The van der Waals surface area contributed by atoms with Crippen molar-refractivity contribution in [3.8, 4) is 0 Å². The standard InChI is InChI=1S/C11H18O3/c1-2-3-4-5-6-9(12)10-7-8-11(13)14-10/h10H,2-8H2,1H3/t10-/m1/s1. The number of cyclic esters (lactones) is 1. The Balaban J connectivity index is 2.12. The summed E-state index contributed by atoms with van der Waals surface area (Å²) in [6, 6.07) is 0. The van der Waals surface area contributed by atoms with Crippen LogP contribution in [0.15, 0.2) is 0 Å². The summed E-state index contributed by atoms with van der Waals surface area (Å²) in [7, 11) is 0. The monoisotopic (exact) mass is 198 g/mol. The van der Waals surface area contributed by atoms with E-state index < -0.39 is 6.10 Å². The fraction of sp³-hybridized carbons (Fsp3) is 0.818. The predicted molar refractivity (Wildman–Crippen MR) is 52.9 cm³/mol. The van der Waals surface area contributed by atoms with E-state index in [0.717, 1.165) is 12.8 Å². The van der Waals surface area contributed by atoms with Crippen LogP contribution in [0.25, 0.3) is 0 Å². The quantitative estimate of drug-likeness (QED) is 0.485. The zero-order valence-corrected chi connectivity index (χ0v) is 8.75. The third-order valence-corrected chi connectivity index (χ3v) is 2.52. The van der Waals surface area contributed by atoms with Gasteiger partial charge in [0, 0.05) is 19.3 Å². The molecule has 1 heterocycles. The van der Waals surface area contributed by atoms with Crippen molar-refractivity contribution in [2.45, 2.75) is 58.0 Å². The van der Waals surface area contributed by atoms with Gasteiger partial charge >= 0.3 is 5.97 Å². The van der Waals surface area contributed by atoms with Gasteiger partial charge in [0.25, 0.3) is 0 Å². The van der Waals surface area contributed by atoms with Gasteiger partial charge in [-0.15, -0.1) is 0 Å². The minimum atomic E-state index is -0.427. The lowest BCUT2D eigenvalue weighted by Gasteiger charge is -2.06. The van der Waals surface area contributed by atoms with Crippen molar-refractivity contribution in [1.29, 1.82) is 0 Å². The Morgan fingerprint density at radius 1 is 1.43 bits per heavy atom. The van der Waals surface area contributed by atoms with E-state index in [2.05, 4.69) is 6.92 Å². The number of ether oxygens (including phenoxy) is 1. The maximum Gasteiger partial charge on any atom is 0.306 e. The van der Waals surface area contributed by atoms with Gasteiger partial charge in [0.1, 0.15) is 0 Å². The average molecular weight is 198 g/mol. The third-order valence-electron chi connectivity index (χ3n) is 2.52. The van der Waals surface area contributed by atoms with E-state index in [9.17, 15) is 9.59 Å². The van der Waals surface area contributed by atoms with E-state index in [1.807, 2.05) is 0 Å². The summed E-state index contributed by atoms with van der Waals surface area (Å²) in [6.07, 6.45) is 5.52. The maximum atomic E-state index is 11.5. The zero-order chi connectivity index (χ0) is 10.4. The highest BCUT2D eigenvalue weighted by Crippen LogP contribution is 2.17. The molecule has 3 nitrogen and oxygen atoms in total. The summed E-state index contributed by atoms with van der Waals surface area (Å²) in [5, 5.41) is 0. The van der Waals surface area contributed by atoms with Gasteiger partial charge in [-0.2, -0.15) is 0 Å². The summed E-state index contributed by atoms with van der Waals surface area (Å²) in [5.74, 6) is -0.121. The molecule has 0 unspecified atom stereocenters. The van der Waals surface area contributed by atoms with E-state index in [-0.39, 0.29) is 11.8 Å². The van der Waals surface area contributed by atoms with Crippen LogP contribution in [0.4, 0.5) is 0 Å². The molecule has 0 amide bonds. The number of hydrogen-bond donors (Lipinski definition) is 0. The molecular formula is C11H18O3. The highest BCUT2D eigenvalue weighted by atomic mass is 16.6. The Labute approximate surface area is 84.8 Å². The molecule has 0 radical (unpaired) electrons. The first-order valence-electron chi connectivity index (χ1n) is 5.46. The molecule has 1 fully saturated rings. The number of esters is 1. The fourth-order valence-corrected chi connectivity index (χ4v) is 1.64. The van der Waals surface area contributed by atoms with Crippen LogP contribution in [0.3, 0.4) is 0 Å². The SMILES string of the molecule is CCCCCCC(=O)[C@H]1CCC(=O)O1. The minimum absolute atomic E-state index is 0.104. The van der Waals surface area contributed by atoms with Gasteiger partial charge in [0.15, 0.2) is 11.9 Å². The topological polar surface area (TPSA) is 43.4 Å². The molecule has 1 aliphatic rings. The van der Waals surface area contributed by atoms with Gasteiger partial charge in [-0.3, -0.25) is 9.59 Å². The number of hydrogen-bond acceptors (Lipinski definition) is 3. The second kappa shape index (κ2) is 5.78. The molecule has 14 heavy (non-hydrogen) atoms. The lowest BCUT2D eigenvalue weighted by molar-refractivity contribution is -0.147. The van der Waals surface area contributed by atoms with Crippen molar-refractivity contribution in [1.82, 2.24) is 0 Å². The van der Waals surface area contributed by atoms with E-state index in [1.165, 1.54) is 12.8 Å². The lowest BCUT2D eigenvalue weighted by atomic mass is 10.1. The van der Waals surface area contributed by atoms with Crippen LogP contribution in [0, 0.1) is 0 Å². The molecule has 0 bridgehead atoms. The molecule has 1 aliphatic heterocycles. The Morgan fingerprint density at radius 2 is 2.21 bits per heavy atom. The molecular weight excluding hydrogens is 180 g/mol. The van der Waals surface area contributed by atoms with Crippen LogP contribution in [0.2, 0.25) is 0 Å². The van der Waals surface area contributed by atoms with E-state index in [0.29, 0.717) is 19.3 Å². The number of Topliss-reactive ketones (excluding diaryl/α,β-unsaturated/α-hetero) is 1. The molecule has 0 aromatic heterocycles. The van der Waals surface area contributed by atoms with Gasteiger partial charge in [-0.05, 0) is 6.42 Å². The molecule has 0 N–H and O–H groups in total. The highest BCUT2D eigenvalue weighted by Gasteiger charge is 2.28. The van der Waals surface area contributed by atoms with Gasteiger partial charge in [0.05, 0.1) is 0 Å². The molecule has 1 atom stereocenters. The Hall–Kier alpha value is -0.860. The van der Waals surface area contributed by atoms with Crippen LogP contribution >= 0.6 is 0 Å². The lowest BCUT2D eigenvalue weighted by Crippen LogP contribution is -2.19. The van der Waals surface area contributed by atoms with Crippen LogP contribution in [0.1, 0.15) is 51.9 Å². The van der Waals surface area contributed by atoms with Gasteiger partial charge in [-0.25, -0.2) is 0 Å². The fourth-order valence-electron chi connectivity index (χ4n) is 1.64. The Bertz CT molecular complexity index is 211. The summed E-state index contributed by atoms with van der Waals surface area (Å²) < 4.78 is 4.89. The summed E-state index contributed by atoms with van der Waals surface area (Å²) in [6.45, 7) is 2.14. The third kappa shape index (κ3) is 3.48. The van der Waals surface area contributed by atoms with Gasteiger partial charge < -0.3 is 4.74 Å². The first kappa shape index (κ1) is 11.2. The summed E-state index contributed by atoms with van der Waals surface area (Å²) in [5.41, 5.74) is 0. The molecule has 0 aromatic carbocycles. The molecule has 1 saturated heterocycles. The van der Waals surface area contributed by atoms with Gasteiger partial charge in [0.2, 0.25) is 0 Å². The van der Waals surface area contributed by atoms with E-state index >= 15 is 0 Å². The van der Waals surface area contributed by atoms with Crippen molar-refractivity contribution in [2.75, 3.05) is 0 Å². The zero-order valence-electron chi connectivity index (χ0n) is 8.75. The molecule has 0 saturated carbocycles. The number of rotatable bonds is 6. The number of unbranched alkanes of at least 4 members (excludes halogenated alkanes) is 3. The highest BCUT2D eigenvalue weighted by molar-refractivity contribution is 5.87. The number of ketones is 1. The Morgan fingerprint density at radius 3 is 2.79 bits per heavy atom. The van der Waals surface area contributed by atoms with E-state index in [1.54, 1.807) is 0 Å². The molecule has 80 valence electrons. The number of carbonyl (C=O) groups excluding carboxylic acids is 2. The largest absolute Gasteiger partial charge is 0.454 e. The smallest absolute Gasteiger partial charge is 0.306 e. The van der Waals surface area contributed by atoms with Crippen molar-refractivity contribution in [2.24, 2.45) is 0 Å². The maximum absolute atomic E-state index is 11.5.